The van der Waals surface area contributed by atoms with Gasteiger partial charge in [0.1, 0.15) is 5.82 Å². The molecule has 5 heteroatoms. The molecule has 0 bridgehead atoms. The Morgan fingerprint density at radius 3 is 3.12 bits per heavy atom. The van der Waals surface area contributed by atoms with E-state index in [-0.39, 0.29) is 12.2 Å². The fraction of sp³-hybridized carbons (Fsp3) is 0.727. The molecular weight excluding hydrogens is 206 g/mol. The molecule has 0 radical (unpaired) electrons. The van der Waals surface area contributed by atoms with Crippen molar-refractivity contribution in [1.82, 2.24) is 15.3 Å². The highest BCUT2D eigenvalue weighted by molar-refractivity contribution is 4.98. The number of hydrogen-bond donors (Lipinski definition) is 2. The normalized spacial score (nSPS) is 29.0. The van der Waals surface area contributed by atoms with E-state index in [9.17, 15) is 0 Å². The Morgan fingerprint density at radius 2 is 2.50 bits per heavy atom. The van der Waals surface area contributed by atoms with Crippen LogP contribution in [0.3, 0.4) is 0 Å². The van der Waals surface area contributed by atoms with Crippen molar-refractivity contribution in [2.45, 2.75) is 38.1 Å². The van der Waals surface area contributed by atoms with Crippen LogP contribution >= 0.6 is 0 Å². The van der Waals surface area contributed by atoms with Crippen LogP contribution in [-0.4, -0.2) is 41.9 Å². The zero-order valence-electron chi connectivity index (χ0n) is 9.77. The van der Waals surface area contributed by atoms with Crippen LogP contribution < -0.4 is 5.32 Å². The summed E-state index contributed by atoms with van der Waals surface area (Å²) in [6.07, 6.45) is 5.00. The molecule has 2 N–H and O–H groups in total. The van der Waals surface area contributed by atoms with E-state index in [1.54, 1.807) is 13.3 Å². The maximum absolute atomic E-state index is 5.56. The first kappa shape index (κ1) is 11.6. The molecule has 3 atom stereocenters. The number of aromatic nitrogens is 2. The monoisotopic (exact) mass is 225 g/mol. The van der Waals surface area contributed by atoms with E-state index in [0.29, 0.717) is 6.04 Å². The Balaban J connectivity index is 1.75. The van der Waals surface area contributed by atoms with Gasteiger partial charge in [-0.1, -0.05) is 0 Å². The van der Waals surface area contributed by atoms with Crippen molar-refractivity contribution >= 4 is 0 Å². The van der Waals surface area contributed by atoms with Crippen molar-refractivity contribution in [3.8, 4) is 0 Å². The van der Waals surface area contributed by atoms with Crippen LogP contribution in [0.1, 0.15) is 19.2 Å². The molecule has 1 fully saturated rings. The number of ether oxygens (including phenoxy) is 2. The summed E-state index contributed by atoms with van der Waals surface area (Å²) in [5.41, 5.74) is 0. The van der Waals surface area contributed by atoms with Gasteiger partial charge in [0.25, 0.3) is 0 Å². The van der Waals surface area contributed by atoms with Crippen molar-refractivity contribution in [2.24, 2.45) is 0 Å². The van der Waals surface area contributed by atoms with Gasteiger partial charge in [0.15, 0.2) is 0 Å². The van der Waals surface area contributed by atoms with Gasteiger partial charge in [0, 0.05) is 32.2 Å². The number of nitrogens with one attached hydrogen (secondary N) is 2. The summed E-state index contributed by atoms with van der Waals surface area (Å²) in [6.45, 7) is 3.50. The van der Waals surface area contributed by atoms with E-state index in [1.807, 2.05) is 13.1 Å². The Bertz CT molecular complexity index is 302. The lowest BCUT2D eigenvalue weighted by molar-refractivity contribution is -0.131. The lowest BCUT2D eigenvalue weighted by Gasteiger charge is -2.43. The minimum Gasteiger partial charge on any atom is -0.377 e. The lowest BCUT2D eigenvalue weighted by atomic mass is 9.85. The SMILES string of the molecule is CCOC1CC(NCc2ncc[nH]2)C1OC. The largest absolute Gasteiger partial charge is 0.377 e. The van der Waals surface area contributed by atoms with Crippen LogP contribution in [0.15, 0.2) is 12.4 Å². The average Bonchev–Trinajstić information content (AvgIpc) is 2.75. The second-order valence-corrected chi connectivity index (χ2v) is 3.95. The van der Waals surface area contributed by atoms with Crippen LogP contribution in [0, 0.1) is 0 Å². The van der Waals surface area contributed by atoms with Crippen LogP contribution in [0.5, 0.6) is 0 Å². The van der Waals surface area contributed by atoms with Crippen molar-refractivity contribution in [3.05, 3.63) is 18.2 Å². The standard InChI is InChI=1S/C11H19N3O2/c1-3-16-9-6-8(11(9)15-2)14-7-10-12-4-5-13-10/h4-5,8-9,11,14H,3,6-7H2,1-2H3,(H,12,13). The quantitative estimate of drug-likeness (QED) is 0.748. The zero-order valence-corrected chi connectivity index (χ0v) is 9.77. The topological polar surface area (TPSA) is 59.2 Å². The third-order valence-corrected chi connectivity index (χ3v) is 2.99. The molecule has 1 aliphatic rings. The number of H-pyrrole nitrogens is 1. The average molecular weight is 225 g/mol. The van der Waals surface area contributed by atoms with E-state index in [4.69, 9.17) is 9.47 Å². The highest BCUT2D eigenvalue weighted by Crippen LogP contribution is 2.26. The molecule has 2 rings (SSSR count). The maximum Gasteiger partial charge on any atom is 0.120 e. The number of hydrogen-bond acceptors (Lipinski definition) is 4. The first-order chi connectivity index (χ1) is 7.85. The van der Waals surface area contributed by atoms with Crippen molar-refractivity contribution in [3.63, 3.8) is 0 Å². The minimum absolute atomic E-state index is 0.162. The van der Waals surface area contributed by atoms with Crippen LogP contribution in [0.4, 0.5) is 0 Å². The van der Waals surface area contributed by atoms with Gasteiger partial charge in [-0.2, -0.15) is 0 Å². The fourth-order valence-electron chi connectivity index (χ4n) is 2.10. The van der Waals surface area contributed by atoms with Gasteiger partial charge >= 0.3 is 0 Å². The minimum atomic E-state index is 0.162. The summed E-state index contributed by atoms with van der Waals surface area (Å²) in [7, 11) is 1.73. The molecule has 1 aromatic rings. The van der Waals surface area contributed by atoms with E-state index < -0.39 is 0 Å². The summed E-state index contributed by atoms with van der Waals surface area (Å²) < 4.78 is 11.0. The molecule has 0 amide bonds. The molecule has 0 aromatic carbocycles. The lowest BCUT2D eigenvalue weighted by Crippen LogP contribution is -2.59. The molecule has 3 unspecified atom stereocenters. The third-order valence-electron chi connectivity index (χ3n) is 2.99. The summed E-state index contributed by atoms with van der Waals surface area (Å²) in [5, 5.41) is 3.41. The molecule has 0 aliphatic heterocycles. The molecular formula is C11H19N3O2. The first-order valence-corrected chi connectivity index (χ1v) is 5.71. The maximum atomic E-state index is 5.56. The summed E-state index contributed by atoms with van der Waals surface area (Å²) in [6, 6.07) is 0.367. The van der Waals surface area contributed by atoms with E-state index in [0.717, 1.165) is 25.4 Å². The van der Waals surface area contributed by atoms with Gasteiger partial charge in [-0.15, -0.1) is 0 Å². The third kappa shape index (κ3) is 2.42. The molecule has 1 heterocycles. The Hall–Kier alpha value is -0.910. The van der Waals surface area contributed by atoms with Crippen LogP contribution in [0.25, 0.3) is 0 Å². The van der Waals surface area contributed by atoms with E-state index >= 15 is 0 Å². The van der Waals surface area contributed by atoms with Gasteiger partial charge in [0.2, 0.25) is 0 Å². The van der Waals surface area contributed by atoms with Crippen LogP contribution in [0.2, 0.25) is 0 Å². The molecule has 90 valence electrons. The van der Waals surface area contributed by atoms with Crippen molar-refractivity contribution in [1.29, 1.82) is 0 Å². The van der Waals surface area contributed by atoms with E-state index in [1.165, 1.54) is 0 Å². The molecule has 1 aromatic heterocycles. The number of imidazole rings is 1. The first-order valence-electron chi connectivity index (χ1n) is 5.71. The summed E-state index contributed by atoms with van der Waals surface area (Å²) in [4.78, 5) is 7.23. The number of rotatable bonds is 6. The molecule has 1 aliphatic carbocycles. The number of aromatic amines is 1. The van der Waals surface area contributed by atoms with Gasteiger partial charge in [-0.25, -0.2) is 4.98 Å². The Kier molecular flexibility index (Phi) is 3.93. The molecule has 0 spiro atoms. The summed E-state index contributed by atoms with van der Waals surface area (Å²) >= 11 is 0. The second-order valence-electron chi connectivity index (χ2n) is 3.95. The molecule has 16 heavy (non-hydrogen) atoms. The second kappa shape index (κ2) is 5.43. The summed E-state index contributed by atoms with van der Waals surface area (Å²) in [5.74, 6) is 0.953. The Morgan fingerprint density at radius 1 is 1.62 bits per heavy atom. The highest BCUT2D eigenvalue weighted by atomic mass is 16.5. The predicted molar refractivity (Wildman–Crippen MR) is 60.0 cm³/mol. The van der Waals surface area contributed by atoms with Crippen LogP contribution in [-0.2, 0) is 16.0 Å². The number of nitrogens with zero attached hydrogens (tertiary/aromatic N) is 1. The van der Waals surface area contributed by atoms with Gasteiger partial charge < -0.3 is 19.8 Å². The van der Waals surface area contributed by atoms with Crippen molar-refractivity contribution in [2.75, 3.05) is 13.7 Å². The van der Waals surface area contributed by atoms with Gasteiger partial charge in [0.05, 0.1) is 18.8 Å². The molecule has 1 saturated carbocycles. The Labute approximate surface area is 95.6 Å². The fourth-order valence-corrected chi connectivity index (χ4v) is 2.10. The zero-order chi connectivity index (χ0) is 11.4. The molecule has 5 nitrogen and oxygen atoms in total. The highest BCUT2D eigenvalue weighted by Gasteiger charge is 2.41. The smallest absolute Gasteiger partial charge is 0.120 e. The van der Waals surface area contributed by atoms with E-state index in [2.05, 4.69) is 15.3 Å². The number of methoxy groups -OCH3 is 1. The molecule has 0 saturated heterocycles. The van der Waals surface area contributed by atoms with Gasteiger partial charge in [-0.3, -0.25) is 0 Å². The van der Waals surface area contributed by atoms with Gasteiger partial charge in [-0.05, 0) is 13.3 Å². The van der Waals surface area contributed by atoms with Crippen molar-refractivity contribution < 1.29 is 9.47 Å². The predicted octanol–water partition coefficient (Wildman–Crippen LogP) is 0.692.